The van der Waals surface area contributed by atoms with E-state index in [4.69, 9.17) is 34.3 Å². The summed E-state index contributed by atoms with van der Waals surface area (Å²) in [4.78, 5) is 0.0952. The third-order valence-corrected chi connectivity index (χ3v) is 4.01. The van der Waals surface area contributed by atoms with E-state index < -0.39 is 10.0 Å². The first kappa shape index (κ1) is 17.2. The molecule has 1 rings (SSSR count). The number of hydrogen-bond donors (Lipinski definition) is 2. The summed E-state index contributed by atoms with van der Waals surface area (Å²) in [6, 6.07) is 4.64. The van der Waals surface area contributed by atoms with E-state index in [0.29, 0.717) is 10.6 Å². The molecule has 1 aromatic carbocycles. The summed E-state index contributed by atoms with van der Waals surface area (Å²) in [6.07, 6.45) is -0.0245. The first-order valence-electron chi connectivity index (χ1n) is 5.93. The Labute approximate surface area is 129 Å². The van der Waals surface area contributed by atoms with Crippen LogP contribution in [-0.2, 0) is 14.8 Å². The van der Waals surface area contributed by atoms with Gasteiger partial charge in [-0.1, -0.05) is 23.8 Å². The van der Waals surface area contributed by atoms with Crippen LogP contribution >= 0.6 is 23.8 Å². The monoisotopic (exact) mass is 336 g/mol. The average molecular weight is 337 g/mol. The first-order valence-corrected chi connectivity index (χ1v) is 8.36. The third kappa shape index (κ3) is 5.62. The summed E-state index contributed by atoms with van der Waals surface area (Å²) < 4.78 is 31.5. The van der Waals surface area contributed by atoms with Crippen molar-refractivity contribution in [3.05, 3.63) is 28.8 Å². The Morgan fingerprint density at radius 1 is 1.50 bits per heavy atom. The molecule has 0 atom stereocenters. The molecule has 0 bridgehead atoms. The summed E-state index contributed by atoms with van der Waals surface area (Å²) in [5, 5.41) is 0.390. The molecule has 1 aromatic rings. The molecular formula is C12H17ClN2O3S2. The third-order valence-electron chi connectivity index (χ3n) is 2.32. The number of nitrogens with one attached hydrogen (secondary N) is 1. The van der Waals surface area contributed by atoms with E-state index in [-0.39, 0.29) is 29.1 Å². The normalized spacial score (nSPS) is 11.6. The quantitative estimate of drug-likeness (QED) is 0.745. The molecule has 0 aromatic heterocycles. The maximum atomic E-state index is 11.9. The molecule has 0 spiro atoms. The lowest BCUT2D eigenvalue weighted by Crippen LogP contribution is -2.23. The topological polar surface area (TPSA) is 81.4 Å². The second-order valence-electron chi connectivity index (χ2n) is 4.39. The fraction of sp³-hybridized carbons (Fsp3) is 0.417. The van der Waals surface area contributed by atoms with Gasteiger partial charge >= 0.3 is 0 Å². The SMILES string of the molecule is CC(C)OCCS(=O)(=O)Nc1cc(Cl)ccc1C(N)=S. The molecule has 5 nitrogen and oxygen atoms in total. The van der Waals surface area contributed by atoms with Crippen LogP contribution in [0.5, 0.6) is 0 Å². The van der Waals surface area contributed by atoms with E-state index in [0.717, 1.165) is 0 Å². The van der Waals surface area contributed by atoms with Crippen LogP contribution in [0.2, 0.25) is 5.02 Å². The molecule has 0 amide bonds. The minimum Gasteiger partial charge on any atom is -0.389 e. The molecule has 0 fully saturated rings. The fourth-order valence-corrected chi connectivity index (χ4v) is 2.70. The van der Waals surface area contributed by atoms with Crippen molar-refractivity contribution in [2.24, 2.45) is 5.73 Å². The van der Waals surface area contributed by atoms with Gasteiger partial charge in [0, 0.05) is 10.6 Å². The largest absolute Gasteiger partial charge is 0.389 e. The summed E-state index contributed by atoms with van der Waals surface area (Å²) in [5.74, 6) is -0.158. The summed E-state index contributed by atoms with van der Waals surface area (Å²) in [7, 11) is -3.55. The zero-order chi connectivity index (χ0) is 15.3. The first-order chi connectivity index (χ1) is 9.21. The Morgan fingerprint density at radius 3 is 2.70 bits per heavy atom. The molecule has 8 heteroatoms. The molecule has 0 heterocycles. The highest BCUT2D eigenvalue weighted by Crippen LogP contribution is 2.22. The number of rotatable bonds is 7. The van der Waals surface area contributed by atoms with E-state index in [2.05, 4.69) is 4.72 Å². The summed E-state index contributed by atoms with van der Waals surface area (Å²) in [5.41, 5.74) is 6.25. The molecule has 0 aliphatic carbocycles. The van der Waals surface area contributed by atoms with Gasteiger partial charge < -0.3 is 10.5 Å². The van der Waals surface area contributed by atoms with Gasteiger partial charge in [-0.15, -0.1) is 0 Å². The molecule has 112 valence electrons. The maximum absolute atomic E-state index is 11.9. The molecule has 0 aliphatic rings. The molecule has 0 unspecified atom stereocenters. The number of ether oxygens (including phenoxy) is 1. The minimum atomic E-state index is -3.55. The van der Waals surface area contributed by atoms with Crippen LogP contribution in [0.3, 0.4) is 0 Å². The van der Waals surface area contributed by atoms with Crippen molar-refractivity contribution in [1.82, 2.24) is 0 Å². The summed E-state index contributed by atoms with van der Waals surface area (Å²) in [6.45, 7) is 3.78. The van der Waals surface area contributed by atoms with Gasteiger partial charge in [-0.2, -0.15) is 0 Å². The second-order valence-corrected chi connectivity index (χ2v) is 7.11. The minimum absolute atomic E-state index is 0.0245. The van der Waals surface area contributed by atoms with Crippen LogP contribution in [0.1, 0.15) is 19.4 Å². The fourth-order valence-electron chi connectivity index (χ4n) is 1.43. The van der Waals surface area contributed by atoms with Gasteiger partial charge in [-0.25, -0.2) is 8.42 Å². The van der Waals surface area contributed by atoms with Gasteiger partial charge in [0.25, 0.3) is 0 Å². The predicted octanol–water partition coefficient (Wildman–Crippen LogP) is 2.14. The lowest BCUT2D eigenvalue weighted by atomic mass is 10.2. The molecule has 20 heavy (non-hydrogen) atoms. The van der Waals surface area contributed by atoms with E-state index in [1.165, 1.54) is 6.07 Å². The highest BCUT2D eigenvalue weighted by atomic mass is 35.5. The Hall–Kier alpha value is -0.890. The van der Waals surface area contributed by atoms with Crippen LogP contribution in [0, 0.1) is 0 Å². The molecule has 0 saturated heterocycles. The number of benzene rings is 1. The second kappa shape index (κ2) is 7.21. The van der Waals surface area contributed by atoms with Crippen LogP contribution in [0.15, 0.2) is 18.2 Å². The highest BCUT2D eigenvalue weighted by Gasteiger charge is 2.15. The Morgan fingerprint density at radius 2 is 2.15 bits per heavy atom. The number of hydrogen-bond acceptors (Lipinski definition) is 4. The van der Waals surface area contributed by atoms with Crippen molar-refractivity contribution in [3.8, 4) is 0 Å². The maximum Gasteiger partial charge on any atom is 0.235 e. The van der Waals surface area contributed by atoms with Gasteiger partial charge in [0.1, 0.15) is 4.99 Å². The van der Waals surface area contributed by atoms with Crippen LogP contribution in [0.25, 0.3) is 0 Å². The molecule has 0 radical (unpaired) electrons. The summed E-state index contributed by atoms with van der Waals surface area (Å²) >= 11 is 10.7. The lowest BCUT2D eigenvalue weighted by molar-refractivity contribution is 0.0913. The van der Waals surface area contributed by atoms with Gasteiger partial charge in [0.05, 0.1) is 24.2 Å². The van der Waals surface area contributed by atoms with Crippen LogP contribution in [-0.4, -0.2) is 31.9 Å². The van der Waals surface area contributed by atoms with Crippen LogP contribution < -0.4 is 10.5 Å². The highest BCUT2D eigenvalue weighted by molar-refractivity contribution is 7.92. The molecular weight excluding hydrogens is 320 g/mol. The van der Waals surface area contributed by atoms with E-state index in [9.17, 15) is 8.42 Å². The number of thiocarbonyl (C=S) groups is 1. The number of anilines is 1. The Bertz CT molecular complexity index is 588. The zero-order valence-electron chi connectivity index (χ0n) is 11.2. The molecule has 0 saturated carbocycles. The van der Waals surface area contributed by atoms with Crippen molar-refractivity contribution in [1.29, 1.82) is 0 Å². The van der Waals surface area contributed by atoms with Gasteiger partial charge in [-0.05, 0) is 32.0 Å². The smallest absolute Gasteiger partial charge is 0.235 e. The number of halogens is 1. The van der Waals surface area contributed by atoms with E-state index >= 15 is 0 Å². The average Bonchev–Trinajstić information content (AvgIpc) is 2.26. The lowest BCUT2D eigenvalue weighted by Gasteiger charge is -2.13. The van der Waals surface area contributed by atoms with Crippen LogP contribution in [0.4, 0.5) is 5.69 Å². The van der Waals surface area contributed by atoms with Crippen molar-refractivity contribution in [2.75, 3.05) is 17.1 Å². The van der Waals surface area contributed by atoms with E-state index in [1.54, 1.807) is 12.1 Å². The standard InChI is InChI=1S/C12H17ClN2O3S2/c1-8(2)18-5-6-20(16,17)15-11-7-9(13)3-4-10(11)12(14)19/h3-4,7-8,15H,5-6H2,1-2H3,(H2,14,19). The zero-order valence-corrected chi connectivity index (χ0v) is 13.6. The molecule has 0 aliphatic heterocycles. The number of nitrogens with two attached hydrogens (primary N) is 1. The van der Waals surface area contributed by atoms with Gasteiger partial charge in [0.2, 0.25) is 10.0 Å². The van der Waals surface area contributed by atoms with Crippen molar-refractivity contribution >= 4 is 44.5 Å². The Kier molecular flexibility index (Phi) is 6.19. The predicted molar refractivity (Wildman–Crippen MR) is 85.8 cm³/mol. The molecule has 3 N–H and O–H groups in total. The van der Waals surface area contributed by atoms with Crippen molar-refractivity contribution in [2.45, 2.75) is 20.0 Å². The van der Waals surface area contributed by atoms with Crippen molar-refractivity contribution in [3.63, 3.8) is 0 Å². The van der Waals surface area contributed by atoms with E-state index in [1.807, 2.05) is 13.8 Å². The van der Waals surface area contributed by atoms with Crippen molar-refractivity contribution < 1.29 is 13.2 Å². The van der Waals surface area contributed by atoms with Gasteiger partial charge in [0.15, 0.2) is 0 Å². The Balaban J connectivity index is 2.86. The number of sulfonamides is 1. The van der Waals surface area contributed by atoms with Gasteiger partial charge in [-0.3, -0.25) is 4.72 Å².